The van der Waals surface area contributed by atoms with E-state index in [1.807, 2.05) is 0 Å². The second-order valence-electron chi connectivity index (χ2n) is 13.7. The van der Waals surface area contributed by atoms with Crippen LogP contribution in [0.4, 0.5) is 17.1 Å². The van der Waals surface area contributed by atoms with Crippen LogP contribution < -0.4 is 4.90 Å². The smallest absolute Gasteiger partial charge is 0.136 e. The molecule has 0 radical (unpaired) electrons. The summed E-state index contributed by atoms with van der Waals surface area (Å²) in [5, 5.41) is 4.70. The summed E-state index contributed by atoms with van der Waals surface area (Å²) in [6.45, 7) is 0. The molecule has 0 atom stereocenters. The zero-order chi connectivity index (χ0) is 35.8. The third-order valence-electron chi connectivity index (χ3n) is 10.5. The first-order chi connectivity index (χ1) is 26.8. The van der Waals surface area contributed by atoms with Crippen LogP contribution in [0.25, 0.3) is 77.2 Å². The van der Waals surface area contributed by atoms with Crippen LogP contribution in [0.2, 0.25) is 0 Å². The molecule has 2 nitrogen and oxygen atoms in total. The van der Waals surface area contributed by atoms with Crippen LogP contribution in [0.15, 0.2) is 217 Å². The minimum absolute atomic E-state index is 0.897. The molecule has 0 N–H and O–H groups in total. The maximum absolute atomic E-state index is 6.36. The van der Waals surface area contributed by atoms with E-state index in [-0.39, 0.29) is 0 Å². The second kappa shape index (κ2) is 13.4. The summed E-state index contributed by atoms with van der Waals surface area (Å²) in [5.74, 6) is 0. The molecule has 0 saturated heterocycles. The van der Waals surface area contributed by atoms with E-state index < -0.39 is 0 Å². The van der Waals surface area contributed by atoms with Gasteiger partial charge in [-0.05, 0) is 104 Å². The number of hydrogen-bond donors (Lipinski definition) is 0. The summed E-state index contributed by atoms with van der Waals surface area (Å²) in [4.78, 5) is 2.40. The van der Waals surface area contributed by atoms with E-state index in [1.54, 1.807) is 0 Å². The van der Waals surface area contributed by atoms with Crippen LogP contribution in [0.5, 0.6) is 0 Å². The summed E-state index contributed by atoms with van der Waals surface area (Å²) in [7, 11) is 0. The van der Waals surface area contributed by atoms with Gasteiger partial charge in [-0.3, -0.25) is 0 Å². The molecule has 10 aromatic rings. The zero-order valence-electron chi connectivity index (χ0n) is 29.6. The second-order valence-corrected chi connectivity index (χ2v) is 13.7. The van der Waals surface area contributed by atoms with E-state index in [2.05, 4.69) is 217 Å². The highest BCUT2D eigenvalue weighted by molar-refractivity contribution is 6.19. The lowest BCUT2D eigenvalue weighted by Gasteiger charge is -2.29. The lowest BCUT2D eigenvalue weighted by atomic mass is 9.94. The van der Waals surface area contributed by atoms with Crippen molar-refractivity contribution in [2.24, 2.45) is 0 Å². The van der Waals surface area contributed by atoms with Gasteiger partial charge in [-0.1, -0.05) is 158 Å². The maximum atomic E-state index is 6.36. The molecule has 0 unspecified atom stereocenters. The highest BCUT2D eigenvalue weighted by Crippen LogP contribution is 2.45. The van der Waals surface area contributed by atoms with Crippen LogP contribution in [-0.4, -0.2) is 0 Å². The number of hydrogen-bond acceptors (Lipinski definition) is 2. The van der Waals surface area contributed by atoms with Crippen molar-refractivity contribution in [3.63, 3.8) is 0 Å². The van der Waals surface area contributed by atoms with Crippen molar-refractivity contribution in [2.45, 2.75) is 0 Å². The average Bonchev–Trinajstić information content (AvgIpc) is 3.64. The molecule has 0 aliphatic heterocycles. The maximum Gasteiger partial charge on any atom is 0.136 e. The molecule has 54 heavy (non-hydrogen) atoms. The van der Waals surface area contributed by atoms with Crippen molar-refractivity contribution < 1.29 is 4.42 Å². The van der Waals surface area contributed by atoms with Crippen molar-refractivity contribution in [3.8, 4) is 44.5 Å². The zero-order valence-corrected chi connectivity index (χ0v) is 29.6. The van der Waals surface area contributed by atoms with Gasteiger partial charge < -0.3 is 9.32 Å². The fourth-order valence-corrected chi connectivity index (χ4v) is 7.80. The van der Waals surface area contributed by atoms with Crippen molar-refractivity contribution in [1.29, 1.82) is 0 Å². The molecule has 0 saturated carbocycles. The quantitative estimate of drug-likeness (QED) is 0.166. The highest BCUT2D eigenvalue weighted by Gasteiger charge is 2.20. The number of benzene rings is 9. The van der Waals surface area contributed by atoms with Gasteiger partial charge >= 0.3 is 0 Å². The first-order valence-corrected chi connectivity index (χ1v) is 18.4. The van der Waals surface area contributed by atoms with Crippen LogP contribution in [-0.2, 0) is 0 Å². The first kappa shape index (κ1) is 31.6. The Labute approximate surface area is 314 Å². The molecule has 0 spiro atoms. The van der Waals surface area contributed by atoms with Crippen molar-refractivity contribution >= 4 is 49.8 Å². The fraction of sp³-hybridized carbons (Fsp3) is 0. The SMILES string of the molecule is c1ccc(-c2ccc(N(c3cccc(-c4ccccc4)c3)c3ccc(-c4ccc5oc6ccc7ccccc7c6c5c4)cc3-c3ccccc3)cc2)cc1. The van der Waals surface area contributed by atoms with E-state index in [0.29, 0.717) is 0 Å². The van der Waals surface area contributed by atoms with Crippen LogP contribution in [0, 0.1) is 0 Å². The molecule has 0 amide bonds. The Morgan fingerprint density at radius 2 is 0.870 bits per heavy atom. The number of fused-ring (bicyclic) bond motifs is 5. The van der Waals surface area contributed by atoms with Gasteiger partial charge in [0, 0.05) is 27.7 Å². The summed E-state index contributed by atoms with van der Waals surface area (Å²) >= 11 is 0. The minimum Gasteiger partial charge on any atom is -0.456 e. The van der Waals surface area contributed by atoms with Crippen molar-refractivity contribution in [3.05, 3.63) is 212 Å². The van der Waals surface area contributed by atoms with Gasteiger partial charge in [-0.15, -0.1) is 0 Å². The third kappa shape index (κ3) is 5.71. The summed E-state index contributed by atoms with van der Waals surface area (Å²) in [6, 6.07) is 76.0. The normalized spacial score (nSPS) is 11.3. The van der Waals surface area contributed by atoms with Crippen molar-refractivity contribution in [1.82, 2.24) is 0 Å². The Morgan fingerprint density at radius 1 is 0.315 bits per heavy atom. The van der Waals surface area contributed by atoms with E-state index >= 15 is 0 Å². The topological polar surface area (TPSA) is 16.4 Å². The molecule has 0 bridgehead atoms. The molecule has 1 aromatic heterocycles. The Hall–Kier alpha value is -7.16. The predicted octanol–water partition coefficient (Wildman–Crippen LogP) is 14.9. The number of rotatable bonds is 7. The van der Waals surface area contributed by atoms with E-state index in [4.69, 9.17) is 4.42 Å². The summed E-state index contributed by atoms with van der Waals surface area (Å²) in [5.41, 5.74) is 14.4. The Balaban J connectivity index is 1.16. The predicted molar refractivity (Wildman–Crippen MR) is 228 cm³/mol. The highest BCUT2D eigenvalue weighted by atomic mass is 16.3. The minimum atomic E-state index is 0.897. The fourth-order valence-electron chi connectivity index (χ4n) is 7.80. The van der Waals surface area contributed by atoms with Gasteiger partial charge in [0.25, 0.3) is 0 Å². The monoisotopic (exact) mass is 689 g/mol. The van der Waals surface area contributed by atoms with Crippen LogP contribution >= 0.6 is 0 Å². The van der Waals surface area contributed by atoms with E-state index in [1.165, 1.54) is 33.0 Å². The standard InChI is InChI=1S/C52H35NO/c1-4-13-36(14-5-1)38-23-28-44(29-24-38)53(45-21-12-20-41(33-45)37-15-6-2-7-16-37)49-30-25-42(34-47(49)39-17-8-3-9-18-39)43-27-31-50-48(35-43)52-46-22-11-10-19-40(46)26-32-51(52)54-50/h1-35H. The number of nitrogens with zero attached hydrogens (tertiary/aromatic N) is 1. The Morgan fingerprint density at radius 3 is 1.63 bits per heavy atom. The number of anilines is 3. The van der Waals surface area contributed by atoms with Crippen molar-refractivity contribution in [2.75, 3.05) is 4.90 Å². The van der Waals surface area contributed by atoms with Gasteiger partial charge in [0.15, 0.2) is 0 Å². The van der Waals surface area contributed by atoms with Gasteiger partial charge in [-0.2, -0.15) is 0 Å². The lowest BCUT2D eigenvalue weighted by Crippen LogP contribution is -2.11. The summed E-state index contributed by atoms with van der Waals surface area (Å²) in [6.07, 6.45) is 0. The van der Waals surface area contributed by atoms with Gasteiger partial charge in [0.2, 0.25) is 0 Å². The molecular formula is C52H35NO. The molecule has 1 heterocycles. The molecule has 254 valence electrons. The summed E-state index contributed by atoms with van der Waals surface area (Å²) < 4.78 is 6.36. The van der Waals surface area contributed by atoms with Crippen LogP contribution in [0.1, 0.15) is 0 Å². The molecule has 0 aliphatic rings. The van der Waals surface area contributed by atoms with Crippen LogP contribution in [0.3, 0.4) is 0 Å². The third-order valence-corrected chi connectivity index (χ3v) is 10.5. The first-order valence-electron chi connectivity index (χ1n) is 18.4. The molecule has 0 aliphatic carbocycles. The largest absolute Gasteiger partial charge is 0.456 e. The Bertz CT molecular complexity index is 2910. The number of furan rings is 1. The average molecular weight is 690 g/mol. The molecular weight excluding hydrogens is 655 g/mol. The van der Waals surface area contributed by atoms with Gasteiger partial charge in [0.1, 0.15) is 11.2 Å². The van der Waals surface area contributed by atoms with Gasteiger partial charge in [0.05, 0.1) is 5.69 Å². The molecule has 0 fully saturated rings. The molecule has 10 rings (SSSR count). The van der Waals surface area contributed by atoms with E-state index in [9.17, 15) is 0 Å². The molecule has 2 heteroatoms. The van der Waals surface area contributed by atoms with E-state index in [0.717, 1.165) is 61.3 Å². The molecule has 9 aromatic carbocycles. The van der Waals surface area contributed by atoms with Gasteiger partial charge in [-0.25, -0.2) is 0 Å². The lowest BCUT2D eigenvalue weighted by molar-refractivity contribution is 0.669. The Kier molecular flexibility index (Phi) is 7.85.